The molecule has 1 atom stereocenters. The molecule has 1 heterocycles. The van der Waals surface area contributed by atoms with E-state index in [1.165, 1.54) is 7.11 Å². The highest BCUT2D eigenvalue weighted by atomic mass is 16.6. The Balaban J connectivity index is 2.19. The van der Waals surface area contributed by atoms with Crippen molar-refractivity contribution in [1.29, 1.82) is 0 Å². The molecule has 0 spiro atoms. The van der Waals surface area contributed by atoms with Crippen LogP contribution in [0.4, 0.5) is 5.69 Å². The SMILES string of the molecule is COC(=O)C1C=Cc2ccc(NC(=O)C(C)(C)C)cc2O1. The van der Waals surface area contributed by atoms with Crippen molar-refractivity contribution in [3.8, 4) is 5.75 Å². The second-order valence-corrected chi connectivity index (χ2v) is 5.88. The summed E-state index contributed by atoms with van der Waals surface area (Å²) in [5, 5.41) is 2.83. The summed E-state index contributed by atoms with van der Waals surface area (Å²) in [5.74, 6) is -0.000964. The van der Waals surface area contributed by atoms with Gasteiger partial charge in [0.25, 0.3) is 0 Å². The minimum absolute atomic E-state index is 0.0849. The zero-order valence-corrected chi connectivity index (χ0v) is 12.6. The Morgan fingerprint density at radius 2 is 2.00 bits per heavy atom. The van der Waals surface area contributed by atoms with Crippen LogP contribution < -0.4 is 10.1 Å². The number of nitrogens with one attached hydrogen (secondary N) is 1. The zero-order chi connectivity index (χ0) is 15.6. The van der Waals surface area contributed by atoms with Gasteiger partial charge in [-0.3, -0.25) is 4.79 Å². The van der Waals surface area contributed by atoms with Crippen LogP contribution in [0.5, 0.6) is 5.75 Å². The minimum atomic E-state index is -0.754. The number of anilines is 1. The lowest BCUT2D eigenvalue weighted by Crippen LogP contribution is -2.29. The predicted molar refractivity (Wildman–Crippen MR) is 80.0 cm³/mol. The lowest BCUT2D eigenvalue weighted by molar-refractivity contribution is -0.146. The summed E-state index contributed by atoms with van der Waals surface area (Å²) in [6, 6.07) is 5.34. The van der Waals surface area contributed by atoms with Crippen LogP contribution in [-0.2, 0) is 14.3 Å². The molecule has 21 heavy (non-hydrogen) atoms. The molecule has 1 N–H and O–H groups in total. The summed E-state index contributed by atoms with van der Waals surface area (Å²) in [7, 11) is 1.31. The van der Waals surface area contributed by atoms with Crippen molar-refractivity contribution in [1.82, 2.24) is 0 Å². The van der Waals surface area contributed by atoms with Crippen molar-refractivity contribution in [3.05, 3.63) is 29.8 Å². The number of ether oxygens (including phenoxy) is 2. The van der Waals surface area contributed by atoms with Gasteiger partial charge in [0.05, 0.1) is 7.11 Å². The second-order valence-electron chi connectivity index (χ2n) is 5.88. The summed E-state index contributed by atoms with van der Waals surface area (Å²) in [6.07, 6.45) is 2.69. The molecule has 112 valence electrons. The monoisotopic (exact) mass is 289 g/mol. The summed E-state index contributed by atoms with van der Waals surface area (Å²) in [6.45, 7) is 5.52. The number of hydrogen-bond acceptors (Lipinski definition) is 4. The molecule has 1 aliphatic heterocycles. The summed E-state index contributed by atoms with van der Waals surface area (Å²) >= 11 is 0. The first-order chi connectivity index (χ1) is 9.81. The summed E-state index contributed by atoms with van der Waals surface area (Å²) in [4.78, 5) is 23.5. The number of methoxy groups -OCH3 is 1. The van der Waals surface area contributed by atoms with E-state index in [4.69, 9.17) is 4.74 Å². The molecule has 0 radical (unpaired) electrons. The van der Waals surface area contributed by atoms with Crippen molar-refractivity contribution in [2.75, 3.05) is 12.4 Å². The standard InChI is InChI=1S/C16H19NO4/c1-16(2,3)15(19)17-11-7-5-10-6-8-12(14(18)20-4)21-13(10)9-11/h5-9,12H,1-4H3,(H,17,19). The molecule has 2 rings (SSSR count). The Morgan fingerprint density at radius 3 is 2.62 bits per heavy atom. The van der Waals surface area contributed by atoms with E-state index in [0.29, 0.717) is 11.4 Å². The zero-order valence-electron chi connectivity index (χ0n) is 12.6. The summed E-state index contributed by atoms with van der Waals surface area (Å²) < 4.78 is 10.2. The Hall–Kier alpha value is -2.30. The van der Waals surface area contributed by atoms with Gasteiger partial charge in [-0.2, -0.15) is 0 Å². The molecule has 1 aliphatic rings. The average molecular weight is 289 g/mol. The molecule has 0 aromatic heterocycles. The number of rotatable bonds is 2. The first kappa shape index (κ1) is 15.1. The molecule has 1 amide bonds. The van der Waals surface area contributed by atoms with E-state index in [2.05, 4.69) is 10.1 Å². The Bertz CT molecular complexity index is 599. The number of carbonyl (C=O) groups excluding carboxylic acids is 2. The van der Waals surface area contributed by atoms with Gasteiger partial charge >= 0.3 is 5.97 Å². The van der Waals surface area contributed by atoms with Gasteiger partial charge in [-0.25, -0.2) is 4.79 Å². The third kappa shape index (κ3) is 3.42. The molecular weight excluding hydrogens is 270 g/mol. The van der Waals surface area contributed by atoms with E-state index >= 15 is 0 Å². The van der Waals surface area contributed by atoms with Gasteiger partial charge in [0, 0.05) is 22.7 Å². The number of amides is 1. The molecule has 5 heteroatoms. The number of esters is 1. The molecule has 1 unspecified atom stereocenters. The number of fused-ring (bicyclic) bond motifs is 1. The molecular formula is C16H19NO4. The second kappa shape index (κ2) is 5.60. The number of carbonyl (C=O) groups is 2. The maximum atomic E-state index is 12.0. The first-order valence-corrected chi connectivity index (χ1v) is 6.69. The Labute approximate surface area is 123 Å². The molecule has 1 aromatic carbocycles. The average Bonchev–Trinajstić information content (AvgIpc) is 2.44. The lowest BCUT2D eigenvalue weighted by Gasteiger charge is -2.21. The Kier molecular flexibility index (Phi) is 4.02. The van der Waals surface area contributed by atoms with Crippen molar-refractivity contribution in [2.45, 2.75) is 26.9 Å². The molecule has 0 aliphatic carbocycles. The fourth-order valence-corrected chi connectivity index (χ4v) is 1.78. The van der Waals surface area contributed by atoms with Gasteiger partial charge < -0.3 is 14.8 Å². The minimum Gasteiger partial charge on any atom is -0.474 e. The van der Waals surface area contributed by atoms with Gasteiger partial charge in [0.1, 0.15) is 5.75 Å². The van der Waals surface area contributed by atoms with Crippen molar-refractivity contribution >= 4 is 23.6 Å². The van der Waals surface area contributed by atoms with Gasteiger partial charge in [0.15, 0.2) is 0 Å². The predicted octanol–water partition coefficient (Wildman–Crippen LogP) is 2.62. The molecule has 0 fully saturated rings. The number of benzene rings is 1. The normalized spacial score (nSPS) is 16.7. The van der Waals surface area contributed by atoms with Crippen LogP contribution in [0.25, 0.3) is 6.08 Å². The molecule has 5 nitrogen and oxygen atoms in total. The fourth-order valence-electron chi connectivity index (χ4n) is 1.78. The van der Waals surface area contributed by atoms with E-state index in [1.54, 1.807) is 24.3 Å². The van der Waals surface area contributed by atoms with E-state index in [0.717, 1.165) is 5.56 Å². The van der Waals surface area contributed by atoms with Gasteiger partial charge in [-0.05, 0) is 18.2 Å². The highest BCUT2D eigenvalue weighted by Gasteiger charge is 2.24. The molecule has 1 aromatic rings. The van der Waals surface area contributed by atoms with Gasteiger partial charge in [-0.15, -0.1) is 0 Å². The van der Waals surface area contributed by atoms with Crippen LogP contribution in [0.1, 0.15) is 26.3 Å². The van der Waals surface area contributed by atoms with Gasteiger partial charge in [0.2, 0.25) is 12.0 Å². The summed E-state index contributed by atoms with van der Waals surface area (Å²) in [5.41, 5.74) is 1.00. The third-order valence-corrected chi connectivity index (χ3v) is 3.09. The van der Waals surface area contributed by atoms with Gasteiger partial charge in [-0.1, -0.05) is 26.8 Å². The van der Waals surface area contributed by atoms with E-state index in [-0.39, 0.29) is 5.91 Å². The van der Waals surface area contributed by atoms with Crippen LogP contribution in [-0.4, -0.2) is 25.1 Å². The third-order valence-electron chi connectivity index (χ3n) is 3.09. The fraction of sp³-hybridized carbons (Fsp3) is 0.375. The Morgan fingerprint density at radius 1 is 1.29 bits per heavy atom. The van der Waals surface area contributed by atoms with Crippen molar-refractivity contribution in [3.63, 3.8) is 0 Å². The van der Waals surface area contributed by atoms with Crippen LogP contribution in [0.2, 0.25) is 0 Å². The molecule has 0 bridgehead atoms. The van der Waals surface area contributed by atoms with Crippen LogP contribution >= 0.6 is 0 Å². The van der Waals surface area contributed by atoms with E-state index < -0.39 is 17.5 Å². The largest absolute Gasteiger partial charge is 0.474 e. The molecule has 0 saturated carbocycles. The van der Waals surface area contributed by atoms with Crippen molar-refractivity contribution < 1.29 is 19.1 Å². The van der Waals surface area contributed by atoms with Crippen LogP contribution in [0.3, 0.4) is 0 Å². The van der Waals surface area contributed by atoms with Crippen LogP contribution in [0.15, 0.2) is 24.3 Å². The van der Waals surface area contributed by atoms with E-state index in [9.17, 15) is 9.59 Å². The maximum Gasteiger partial charge on any atom is 0.351 e. The topological polar surface area (TPSA) is 64.6 Å². The quantitative estimate of drug-likeness (QED) is 0.850. The lowest BCUT2D eigenvalue weighted by atomic mass is 9.95. The first-order valence-electron chi connectivity index (χ1n) is 6.69. The molecule has 0 saturated heterocycles. The smallest absolute Gasteiger partial charge is 0.351 e. The maximum absolute atomic E-state index is 12.0. The van der Waals surface area contributed by atoms with E-state index in [1.807, 2.05) is 26.8 Å². The van der Waals surface area contributed by atoms with Crippen LogP contribution in [0, 0.1) is 5.41 Å². The highest BCUT2D eigenvalue weighted by molar-refractivity contribution is 5.95. The number of hydrogen-bond donors (Lipinski definition) is 1. The highest BCUT2D eigenvalue weighted by Crippen LogP contribution is 2.30. The van der Waals surface area contributed by atoms with Crippen molar-refractivity contribution in [2.24, 2.45) is 5.41 Å².